The first-order valence-electron chi connectivity index (χ1n) is 14.9. The van der Waals surface area contributed by atoms with Crippen molar-refractivity contribution < 1.29 is 24.2 Å². The molecule has 1 aliphatic rings. The molecule has 8 heteroatoms. The molecule has 0 saturated heterocycles. The van der Waals surface area contributed by atoms with Crippen molar-refractivity contribution in [2.24, 2.45) is 0 Å². The quantitative estimate of drug-likeness (QED) is 0.166. The molecule has 0 aromatic heterocycles. The van der Waals surface area contributed by atoms with E-state index in [9.17, 15) is 24.2 Å². The predicted octanol–water partition coefficient (Wildman–Crippen LogP) is 8.33. The highest BCUT2D eigenvalue weighted by atomic mass is 32.2. The lowest BCUT2D eigenvalue weighted by molar-refractivity contribution is -0.118. The van der Waals surface area contributed by atoms with Gasteiger partial charge >= 0.3 is 5.97 Å². The molecule has 2 N–H and O–H groups in total. The Labute approximate surface area is 262 Å². The van der Waals surface area contributed by atoms with Crippen LogP contribution in [0.5, 0.6) is 5.75 Å². The smallest absolute Gasteiger partial charge is 0.339 e. The largest absolute Gasteiger partial charge is 0.507 e. The highest BCUT2D eigenvalue weighted by molar-refractivity contribution is 7.97. The number of aryl methyl sites for hydroxylation is 1. The summed E-state index contributed by atoms with van der Waals surface area (Å²) in [6.07, 6.45) is 6.18. The lowest BCUT2D eigenvalue weighted by atomic mass is 9.84. The molecule has 1 amide bonds. The Morgan fingerprint density at radius 1 is 0.841 bits per heavy atom. The van der Waals surface area contributed by atoms with Crippen LogP contribution in [0.1, 0.15) is 70.6 Å². The van der Waals surface area contributed by atoms with Crippen molar-refractivity contribution in [2.45, 2.75) is 62.9 Å². The summed E-state index contributed by atoms with van der Waals surface area (Å²) in [4.78, 5) is 28.2. The minimum absolute atomic E-state index is 0.0114. The van der Waals surface area contributed by atoms with Crippen LogP contribution in [0.4, 0.5) is 10.1 Å². The molecule has 228 valence electrons. The highest BCUT2D eigenvalue weighted by Crippen LogP contribution is 2.33. The average molecular weight is 613 g/mol. The molecule has 0 radical (unpaired) electrons. The number of phenols is 1. The van der Waals surface area contributed by atoms with Crippen molar-refractivity contribution in [3.05, 3.63) is 125 Å². The number of carboxylic acids is 1. The number of hydrogen-bond donors (Lipinski definition) is 2. The normalized spacial score (nSPS) is 13.6. The van der Waals surface area contributed by atoms with Gasteiger partial charge in [-0.05, 0) is 90.7 Å². The van der Waals surface area contributed by atoms with Gasteiger partial charge < -0.3 is 15.1 Å². The van der Waals surface area contributed by atoms with E-state index >= 15 is 0 Å². The first-order chi connectivity index (χ1) is 21.2. The van der Waals surface area contributed by atoms with Gasteiger partial charge in [0.25, 0.3) is 0 Å². The van der Waals surface area contributed by atoms with Crippen molar-refractivity contribution >= 4 is 29.5 Å². The second-order valence-corrected chi connectivity index (χ2v) is 12.6. The number of amides is 1. The number of hydrogen-bond acceptors (Lipinski definition) is 5. The summed E-state index contributed by atoms with van der Waals surface area (Å²) in [6, 6.07) is 26.8. The van der Waals surface area contributed by atoms with Crippen LogP contribution in [0.15, 0.2) is 95.9 Å². The number of aromatic hydroxyl groups is 1. The number of halogens is 1. The average Bonchev–Trinajstić information content (AvgIpc) is 3.02. The van der Waals surface area contributed by atoms with Crippen LogP contribution in [0.3, 0.4) is 0 Å². The van der Waals surface area contributed by atoms with E-state index in [0.717, 1.165) is 21.6 Å². The van der Waals surface area contributed by atoms with Crippen LogP contribution < -0.4 is 4.90 Å². The van der Waals surface area contributed by atoms with E-state index in [1.807, 2.05) is 47.6 Å². The first-order valence-corrected chi connectivity index (χ1v) is 15.7. The van der Waals surface area contributed by atoms with E-state index in [1.54, 1.807) is 23.1 Å². The number of carbonyl (C=O) groups excluding carboxylic acids is 1. The zero-order valence-electron chi connectivity index (χ0n) is 24.8. The Morgan fingerprint density at radius 3 is 2.11 bits per heavy atom. The number of rotatable bonds is 11. The van der Waals surface area contributed by atoms with E-state index in [2.05, 4.69) is 12.1 Å². The molecule has 0 heterocycles. The van der Waals surface area contributed by atoms with Crippen molar-refractivity contribution in [1.29, 1.82) is 0 Å². The summed E-state index contributed by atoms with van der Waals surface area (Å²) in [7, 11) is 0. The molecule has 6 nitrogen and oxygen atoms in total. The van der Waals surface area contributed by atoms with Crippen molar-refractivity contribution in [3.63, 3.8) is 0 Å². The first kappa shape index (κ1) is 31.3. The molecule has 0 spiro atoms. The monoisotopic (exact) mass is 612 g/mol. The molecular weight excluding hydrogens is 575 g/mol. The zero-order chi connectivity index (χ0) is 31.1. The van der Waals surface area contributed by atoms with E-state index in [4.69, 9.17) is 0 Å². The summed E-state index contributed by atoms with van der Waals surface area (Å²) < 4.78 is 15.5. The van der Waals surface area contributed by atoms with Crippen LogP contribution in [0, 0.1) is 12.7 Å². The summed E-state index contributed by atoms with van der Waals surface area (Å²) in [5, 5.41) is 19.9. The molecule has 1 aliphatic carbocycles. The van der Waals surface area contributed by atoms with Gasteiger partial charge in [-0.15, -0.1) is 0 Å². The molecule has 0 bridgehead atoms. The third-order valence-electron chi connectivity index (χ3n) is 8.06. The molecule has 5 rings (SSSR count). The highest BCUT2D eigenvalue weighted by Gasteiger charge is 2.23. The lowest BCUT2D eigenvalue weighted by Gasteiger charge is -2.28. The summed E-state index contributed by atoms with van der Waals surface area (Å²) >= 11 is 1.44. The van der Waals surface area contributed by atoms with Gasteiger partial charge in [-0.3, -0.25) is 4.79 Å². The summed E-state index contributed by atoms with van der Waals surface area (Å²) in [5.74, 6) is -1.64. The fourth-order valence-electron chi connectivity index (χ4n) is 5.60. The second kappa shape index (κ2) is 14.6. The minimum atomic E-state index is -1.25. The van der Waals surface area contributed by atoms with Gasteiger partial charge in [0, 0.05) is 23.2 Å². The van der Waals surface area contributed by atoms with E-state index < -0.39 is 11.7 Å². The Bertz CT molecular complexity index is 1520. The van der Waals surface area contributed by atoms with Gasteiger partial charge in [0.15, 0.2) is 0 Å². The third kappa shape index (κ3) is 8.27. The van der Waals surface area contributed by atoms with Gasteiger partial charge in [0.1, 0.15) is 17.1 Å². The number of carbonyl (C=O) groups is 2. The van der Waals surface area contributed by atoms with E-state index in [-0.39, 0.29) is 30.4 Å². The summed E-state index contributed by atoms with van der Waals surface area (Å²) in [5.41, 5.74) is 4.39. The van der Waals surface area contributed by atoms with Gasteiger partial charge in [-0.1, -0.05) is 73.4 Å². The second-order valence-electron chi connectivity index (χ2n) is 11.4. The lowest BCUT2D eigenvalue weighted by Crippen LogP contribution is -2.37. The Balaban J connectivity index is 1.42. The Kier molecular flexibility index (Phi) is 10.4. The Morgan fingerprint density at radius 2 is 1.48 bits per heavy atom. The zero-order valence-corrected chi connectivity index (χ0v) is 25.6. The van der Waals surface area contributed by atoms with Gasteiger partial charge in [-0.2, -0.15) is 0 Å². The van der Waals surface area contributed by atoms with Gasteiger partial charge in [0.2, 0.25) is 5.91 Å². The van der Waals surface area contributed by atoms with Crippen molar-refractivity contribution in [2.75, 3.05) is 11.4 Å². The van der Waals surface area contributed by atoms with Crippen LogP contribution in [0.25, 0.3) is 0 Å². The number of aromatic carboxylic acids is 1. The molecular formula is C36H37FN2O4S. The van der Waals surface area contributed by atoms with Crippen LogP contribution >= 0.6 is 11.9 Å². The van der Waals surface area contributed by atoms with Crippen LogP contribution in [-0.4, -0.2) is 32.9 Å². The summed E-state index contributed by atoms with van der Waals surface area (Å²) in [6.45, 7) is 2.66. The molecule has 1 saturated carbocycles. The number of benzene rings is 4. The molecule has 4 aromatic carbocycles. The maximum absolute atomic E-state index is 14.1. The fraction of sp³-hybridized carbons (Fsp3) is 0.278. The fourth-order valence-corrected chi connectivity index (χ4v) is 6.55. The predicted molar refractivity (Wildman–Crippen MR) is 172 cm³/mol. The number of carboxylic acid groups (broad SMARTS) is 1. The standard InChI is InChI=1S/C36H37FN2O4S/c1-25-7-18-32(19-8-25)44-38(22-26-11-15-30(37)16-12-26)24-35(41)39(31-17-20-33(36(42)43)34(40)21-31)23-27-9-13-29(14-10-27)28-5-3-2-4-6-28/h7-21,28,40H,2-6,22-24H2,1H3,(H,42,43). The van der Waals surface area contributed by atoms with Crippen LogP contribution in [0.2, 0.25) is 0 Å². The molecule has 44 heavy (non-hydrogen) atoms. The third-order valence-corrected chi connectivity index (χ3v) is 9.06. The topological polar surface area (TPSA) is 81.1 Å². The molecule has 1 fully saturated rings. The van der Waals surface area contributed by atoms with E-state index in [0.29, 0.717) is 18.2 Å². The maximum Gasteiger partial charge on any atom is 0.339 e. The number of nitrogens with zero attached hydrogens (tertiary/aromatic N) is 2. The van der Waals surface area contributed by atoms with Gasteiger partial charge in [-0.25, -0.2) is 13.5 Å². The SMILES string of the molecule is Cc1ccc(SN(CC(=O)N(Cc2ccc(C3CCCCC3)cc2)c2ccc(C(=O)O)c(O)c2)Cc2ccc(F)cc2)cc1. The van der Waals surface area contributed by atoms with E-state index in [1.165, 1.54) is 73.9 Å². The number of anilines is 1. The minimum Gasteiger partial charge on any atom is -0.507 e. The molecule has 0 unspecified atom stereocenters. The van der Waals surface area contributed by atoms with Crippen LogP contribution in [-0.2, 0) is 17.9 Å². The molecule has 0 atom stereocenters. The maximum atomic E-state index is 14.1. The van der Waals surface area contributed by atoms with Gasteiger partial charge in [0.05, 0.1) is 13.1 Å². The van der Waals surface area contributed by atoms with Crippen molar-refractivity contribution in [1.82, 2.24) is 4.31 Å². The molecule has 0 aliphatic heterocycles. The Hall–Kier alpha value is -4.14. The molecule has 4 aromatic rings. The van der Waals surface area contributed by atoms with Crippen molar-refractivity contribution in [3.8, 4) is 5.75 Å².